The number of aromatic nitrogens is 3. The Bertz CT molecular complexity index is 930. The molecule has 2 aromatic heterocycles. The van der Waals surface area contributed by atoms with Crippen LogP contribution in [0.3, 0.4) is 0 Å². The van der Waals surface area contributed by atoms with Gasteiger partial charge in [0.05, 0.1) is 0 Å². The predicted molar refractivity (Wildman–Crippen MR) is 104 cm³/mol. The van der Waals surface area contributed by atoms with Crippen molar-refractivity contribution in [3.8, 4) is 11.4 Å². The van der Waals surface area contributed by atoms with Crippen LogP contribution in [-0.4, -0.2) is 38.3 Å². The smallest absolute Gasteiger partial charge is 0.245 e. The monoisotopic (exact) mass is 359 g/mol. The molecule has 1 aromatic carbocycles. The number of hydrogen-bond acceptors (Lipinski definition) is 5. The molecule has 6 nitrogen and oxygen atoms in total. The van der Waals surface area contributed by atoms with Gasteiger partial charge in [0.1, 0.15) is 11.9 Å². The van der Waals surface area contributed by atoms with Gasteiger partial charge < -0.3 is 10.2 Å². The minimum atomic E-state index is -0.256. The summed E-state index contributed by atoms with van der Waals surface area (Å²) in [5.74, 6) is 1.42. The average Bonchev–Trinajstić information content (AvgIpc) is 3.02. The van der Waals surface area contributed by atoms with Crippen molar-refractivity contribution in [2.45, 2.75) is 25.9 Å². The van der Waals surface area contributed by atoms with Crippen LogP contribution in [0.5, 0.6) is 0 Å². The summed E-state index contributed by atoms with van der Waals surface area (Å²) in [5, 5.41) is 3.30. The van der Waals surface area contributed by atoms with E-state index in [0.29, 0.717) is 18.2 Å². The van der Waals surface area contributed by atoms with Gasteiger partial charge in [0.15, 0.2) is 5.82 Å². The summed E-state index contributed by atoms with van der Waals surface area (Å²) in [6.07, 6.45) is 4.20. The van der Waals surface area contributed by atoms with Crippen molar-refractivity contribution in [1.29, 1.82) is 0 Å². The molecule has 1 N–H and O–H groups in total. The number of aryl methyl sites for hydroxylation is 1. The van der Waals surface area contributed by atoms with Gasteiger partial charge in [0.2, 0.25) is 5.91 Å². The maximum absolute atomic E-state index is 12.8. The lowest BCUT2D eigenvalue weighted by Crippen LogP contribution is -2.33. The summed E-state index contributed by atoms with van der Waals surface area (Å²) in [6, 6.07) is 15.4. The summed E-state index contributed by atoms with van der Waals surface area (Å²) in [6.45, 7) is 3.31. The highest BCUT2D eigenvalue weighted by Gasteiger charge is 2.31. The Morgan fingerprint density at radius 2 is 1.89 bits per heavy atom. The summed E-state index contributed by atoms with van der Waals surface area (Å²) in [5.41, 5.74) is 2.90. The van der Waals surface area contributed by atoms with Gasteiger partial charge in [-0.15, -0.1) is 0 Å². The van der Waals surface area contributed by atoms with E-state index in [-0.39, 0.29) is 11.9 Å². The molecule has 136 valence electrons. The lowest BCUT2D eigenvalue weighted by molar-refractivity contribution is -0.128. The first-order chi connectivity index (χ1) is 13.2. The van der Waals surface area contributed by atoms with Crippen molar-refractivity contribution in [3.63, 3.8) is 0 Å². The van der Waals surface area contributed by atoms with E-state index in [1.165, 1.54) is 0 Å². The highest BCUT2D eigenvalue weighted by molar-refractivity contribution is 5.86. The second-order valence-electron chi connectivity index (χ2n) is 6.69. The number of nitrogens with one attached hydrogen (secondary N) is 1. The number of anilines is 1. The normalized spacial score (nSPS) is 16.6. The number of nitrogens with zero attached hydrogens (tertiary/aromatic N) is 4. The summed E-state index contributed by atoms with van der Waals surface area (Å²) < 4.78 is 0. The average molecular weight is 359 g/mol. The van der Waals surface area contributed by atoms with Gasteiger partial charge in [-0.05, 0) is 31.0 Å². The van der Waals surface area contributed by atoms with Crippen molar-refractivity contribution >= 4 is 11.7 Å². The molecule has 4 rings (SSSR count). The topological polar surface area (TPSA) is 71.0 Å². The zero-order valence-corrected chi connectivity index (χ0v) is 15.2. The SMILES string of the molecule is Cc1cc(NC2CCN(Cc3ccccc3)C2=O)nc(-c2ccncc2)n1. The van der Waals surface area contributed by atoms with Gasteiger partial charge in [-0.3, -0.25) is 9.78 Å². The van der Waals surface area contributed by atoms with E-state index in [9.17, 15) is 4.79 Å². The van der Waals surface area contributed by atoms with E-state index in [0.717, 1.165) is 29.8 Å². The van der Waals surface area contributed by atoms with Gasteiger partial charge >= 0.3 is 0 Å². The van der Waals surface area contributed by atoms with E-state index in [4.69, 9.17) is 0 Å². The maximum atomic E-state index is 12.8. The van der Waals surface area contributed by atoms with Gasteiger partial charge in [-0.25, -0.2) is 9.97 Å². The molecule has 1 amide bonds. The number of pyridine rings is 1. The standard InChI is InChI=1S/C21H21N5O/c1-15-13-19(25-20(23-15)17-7-10-22-11-8-17)24-18-9-12-26(21(18)27)14-16-5-3-2-4-6-16/h2-8,10-11,13,18H,9,12,14H2,1H3,(H,23,24,25). The van der Waals surface area contributed by atoms with Crippen LogP contribution < -0.4 is 5.32 Å². The molecule has 1 aliphatic rings. The fourth-order valence-electron chi connectivity index (χ4n) is 3.28. The van der Waals surface area contributed by atoms with Crippen molar-refractivity contribution < 1.29 is 4.79 Å². The Morgan fingerprint density at radius 3 is 2.67 bits per heavy atom. The summed E-state index contributed by atoms with van der Waals surface area (Å²) in [4.78, 5) is 27.8. The molecule has 1 unspecified atom stereocenters. The third-order valence-corrected chi connectivity index (χ3v) is 4.63. The van der Waals surface area contributed by atoms with E-state index in [1.54, 1.807) is 12.4 Å². The zero-order chi connectivity index (χ0) is 18.6. The zero-order valence-electron chi connectivity index (χ0n) is 15.2. The Balaban J connectivity index is 1.48. The lowest BCUT2D eigenvalue weighted by Gasteiger charge is -2.18. The van der Waals surface area contributed by atoms with Gasteiger partial charge in [-0.1, -0.05) is 30.3 Å². The fraction of sp³-hybridized carbons (Fsp3) is 0.238. The van der Waals surface area contributed by atoms with E-state index >= 15 is 0 Å². The van der Waals surface area contributed by atoms with E-state index < -0.39 is 0 Å². The number of amides is 1. The number of rotatable bonds is 5. The van der Waals surface area contributed by atoms with Gasteiger partial charge in [0.25, 0.3) is 0 Å². The molecule has 0 bridgehead atoms. The minimum absolute atomic E-state index is 0.112. The molecule has 0 saturated carbocycles. The van der Waals surface area contributed by atoms with Gasteiger partial charge in [-0.2, -0.15) is 0 Å². The molecule has 1 saturated heterocycles. The Labute approximate surface area is 158 Å². The summed E-state index contributed by atoms with van der Waals surface area (Å²) in [7, 11) is 0. The largest absolute Gasteiger partial charge is 0.358 e. The van der Waals surface area contributed by atoms with Crippen LogP contribution >= 0.6 is 0 Å². The molecule has 1 atom stereocenters. The minimum Gasteiger partial charge on any atom is -0.358 e. The first-order valence-corrected chi connectivity index (χ1v) is 9.04. The lowest BCUT2D eigenvalue weighted by atomic mass is 10.2. The number of carbonyl (C=O) groups is 1. The van der Waals surface area contributed by atoms with Crippen molar-refractivity contribution in [1.82, 2.24) is 19.9 Å². The highest BCUT2D eigenvalue weighted by atomic mass is 16.2. The Hall–Kier alpha value is -3.28. The first kappa shape index (κ1) is 17.1. The molecule has 27 heavy (non-hydrogen) atoms. The number of benzene rings is 1. The molecular formula is C21H21N5O. The highest BCUT2D eigenvalue weighted by Crippen LogP contribution is 2.21. The van der Waals surface area contributed by atoms with Crippen LogP contribution in [-0.2, 0) is 11.3 Å². The molecular weight excluding hydrogens is 338 g/mol. The van der Waals surface area contributed by atoms with Crippen LogP contribution in [0, 0.1) is 6.92 Å². The Morgan fingerprint density at radius 1 is 1.11 bits per heavy atom. The molecule has 1 fully saturated rings. The number of carbonyl (C=O) groups excluding carboxylic acids is 1. The molecule has 0 radical (unpaired) electrons. The van der Waals surface area contributed by atoms with Crippen molar-refractivity contribution in [2.75, 3.05) is 11.9 Å². The second-order valence-corrected chi connectivity index (χ2v) is 6.69. The fourth-order valence-corrected chi connectivity index (χ4v) is 3.28. The van der Waals surface area contributed by atoms with Crippen LogP contribution in [0.4, 0.5) is 5.82 Å². The number of hydrogen-bond donors (Lipinski definition) is 1. The molecule has 3 heterocycles. The van der Waals surface area contributed by atoms with Crippen LogP contribution in [0.15, 0.2) is 60.9 Å². The molecule has 0 spiro atoms. The summed E-state index contributed by atoms with van der Waals surface area (Å²) >= 11 is 0. The predicted octanol–water partition coefficient (Wildman–Crippen LogP) is 3.06. The molecule has 1 aliphatic heterocycles. The van der Waals surface area contributed by atoms with E-state index in [1.807, 2.05) is 60.4 Å². The third kappa shape index (κ3) is 3.95. The number of likely N-dealkylation sites (tertiary alicyclic amines) is 1. The molecule has 6 heteroatoms. The van der Waals surface area contributed by atoms with Crippen molar-refractivity contribution in [2.24, 2.45) is 0 Å². The van der Waals surface area contributed by atoms with Gasteiger partial charge in [0, 0.05) is 42.8 Å². The van der Waals surface area contributed by atoms with E-state index in [2.05, 4.69) is 20.3 Å². The molecule has 0 aliphatic carbocycles. The molecule has 3 aromatic rings. The third-order valence-electron chi connectivity index (χ3n) is 4.63. The quantitative estimate of drug-likeness (QED) is 0.758. The first-order valence-electron chi connectivity index (χ1n) is 9.04. The Kier molecular flexibility index (Phi) is 4.78. The van der Waals surface area contributed by atoms with Crippen LogP contribution in [0.2, 0.25) is 0 Å². The maximum Gasteiger partial charge on any atom is 0.245 e. The van der Waals surface area contributed by atoms with Crippen molar-refractivity contribution in [3.05, 3.63) is 72.2 Å². The van der Waals surface area contributed by atoms with Crippen LogP contribution in [0.1, 0.15) is 17.7 Å². The van der Waals surface area contributed by atoms with Crippen LogP contribution in [0.25, 0.3) is 11.4 Å². The second kappa shape index (κ2) is 7.53.